The number of nitrogens with one attached hydrogen (secondary N) is 2. The Labute approximate surface area is 105 Å². The Morgan fingerprint density at radius 2 is 2.17 bits per heavy atom. The first kappa shape index (κ1) is 11.4. The van der Waals surface area contributed by atoms with Crippen LogP contribution in [0, 0.1) is 11.8 Å². The van der Waals surface area contributed by atoms with Gasteiger partial charge in [-0.05, 0) is 31.2 Å². The zero-order valence-corrected chi connectivity index (χ0v) is 10.3. The van der Waals surface area contributed by atoms with Gasteiger partial charge in [-0.2, -0.15) is 0 Å². The molecule has 1 aliphatic carbocycles. The molecule has 96 valence electrons. The van der Waals surface area contributed by atoms with Gasteiger partial charge in [-0.15, -0.1) is 0 Å². The molecule has 4 N–H and O–H groups in total. The van der Waals surface area contributed by atoms with Crippen LogP contribution in [0.15, 0.2) is 12.7 Å². The van der Waals surface area contributed by atoms with E-state index >= 15 is 0 Å². The lowest BCUT2D eigenvalue weighted by Gasteiger charge is -2.18. The topological polar surface area (TPSA) is 92.5 Å². The molecule has 2 atom stereocenters. The number of nitrogens with zero attached hydrogens (tertiary/aromatic N) is 3. The highest BCUT2D eigenvalue weighted by molar-refractivity contribution is 5.81. The first-order valence-electron chi connectivity index (χ1n) is 6.46. The van der Waals surface area contributed by atoms with Crippen molar-refractivity contribution in [3.8, 4) is 0 Å². The highest BCUT2D eigenvalue weighted by Crippen LogP contribution is 2.31. The van der Waals surface area contributed by atoms with E-state index in [4.69, 9.17) is 5.73 Å². The highest BCUT2D eigenvalue weighted by Gasteiger charge is 2.25. The Hall–Kier alpha value is -1.69. The molecule has 1 saturated carbocycles. The number of rotatable bonds is 4. The van der Waals surface area contributed by atoms with Gasteiger partial charge in [0.1, 0.15) is 11.8 Å². The first-order valence-corrected chi connectivity index (χ1v) is 6.46. The van der Waals surface area contributed by atoms with E-state index in [1.54, 1.807) is 12.7 Å². The van der Waals surface area contributed by atoms with E-state index in [2.05, 4.69) is 25.3 Å². The van der Waals surface area contributed by atoms with Gasteiger partial charge in [-0.3, -0.25) is 0 Å². The smallest absolute Gasteiger partial charge is 0.182 e. The predicted molar refractivity (Wildman–Crippen MR) is 70.1 cm³/mol. The zero-order valence-electron chi connectivity index (χ0n) is 10.3. The molecule has 2 heterocycles. The molecule has 0 saturated heterocycles. The van der Waals surface area contributed by atoms with Crippen LogP contribution < -0.4 is 11.1 Å². The second-order valence-electron chi connectivity index (χ2n) is 4.89. The van der Waals surface area contributed by atoms with E-state index in [9.17, 15) is 0 Å². The molecule has 0 radical (unpaired) electrons. The minimum absolute atomic E-state index is 0.650. The van der Waals surface area contributed by atoms with Crippen molar-refractivity contribution in [2.24, 2.45) is 17.6 Å². The standard InChI is InChI=1S/C12H18N6/c13-4-8-2-1-3-9(8)5-14-11-10-12(16-6-15-10)18-7-17-11/h6-9H,1-5,13H2,(H2,14,15,16,17,18). The number of aromatic nitrogens is 4. The molecule has 0 aromatic carbocycles. The van der Waals surface area contributed by atoms with Crippen LogP contribution in [-0.2, 0) is 0 Å². The lowest BCUT2D eigenvalue weighted by atomic mass is 9.96. The van der Waals surface area contributed by atoms with E-state index in [1.165, 1.54) is 19.3 Å². The molecule has 2 aromatic heterocycles. The average molecular weight is 246 g/mol. The lowest BCUT2D eigenvalue weighted by Crippen LogP contribution is -2.24. The Kier molecular flexibility index (Phi) is 3.10. The SMILES string of the molecule is NCC1CCCC1CNc1ncnc2nc[nH]c12. The number of fused-ring (bicyclic) bond motifs is 1. The largest absolute Gasteiger partial charge is 0.368 e. The number of nitrogens with two attached hydrogens (primary N) is 1. The lowest BCUT2D eigenvalue weighted by molar-refractivity contribution is 0.414. The van der Waals surface area contributed by atoms with Crippen molar-refractivity contribution in [3.05, 3.63) is 12.7 Å². The molecule has 2 unspecified atom stereocenters. The van der Waals surface area contributed by atoms with Gasteiger partial charge in [0.15, 0.2) is 11.5 Å². The fourth-order valence-corrected chi connectivity index (χ4v) is 2.82. The molecule has 0 aliphatic heterocycles. The third-order valence-electron chi connectivity index (χ3n) is 3.87. The van der Waals surface area contributed by atoms with Gasteiger partial charge in [-0.1, -0.05) is 6.42 Å². The summed E-state index contributed by atoms with van der Waals surface area (Å²) in [6.07, 6.45) is 6.99. The molecule has 18 heavy (non-hydrogen) atoms. The minimum atomic E-state index is 0.650. The second-order valence-corrected chi connectivity index (χ2v) is 4.89. The van der Waals surface area contributed by atoms with E-state index in [0.29, 0.717) is 17.5 Å². The van der Waals surface area contributed by atoms with Gasteiger partial charge in [-0.25, -0.2) is 15.0 Å². The van der Waals surface area contributed by atoms with E-state index in [-0.39, 0.29) is 0 Å². The Morgan fingerprint density at radius 3 is 3.06 bits per heavy atom. The van der Waals surface area contributed by atoms with Crippen molar-refractivity contribution in [1.29, 1.82) is 0 Å². The molecule has 0 spiro atoms. The van der Waals surface area contributed by atoms with Crippen LogP contribution in [0.4, 0.5) is 5.82 Å². The number of imidazole rings is 1. The summed E-state index contributed by atoms with van der Waals surface area (Å²) < 4.78 is 0. The average Bonchev–Trinajstić information content (AvgIpc) is 3.04. The molecular weight excluding hydrogens is 228 g/mol. The summed E-state index contributed by atoms with van der Waals surface area (Å²) in [6.45, 7) is 1.71. The maximum absolute atomic E-state index is 5.80. The van der Waals surface area contributed by atoms with Gasteiger partial charge in [0.25, 0.3) is 0 Å². The number of aromatic amines is 1. The second kappa shape index (κ2) is 4.89. The van der Waals surface area contributed by atoms with E-state index in [1.807, 2.05) is 0 Å². The molecule has 0 amide bonds. The summed E-state index contributed by atoms with van der Waals surface area (Å²) in [5, 5.41) is 3.40. The van der Waals surface area contributed by atoms with Crippen molar-refractivity contribution in [2.45, 2.75) is 19.3 Å². The van der Waals surface area contributed by atoms with Crippen LogP contribution in [0.2, 0.25) is 0 Å². The Morgan fingerprint density at radius 1 is 1.28 bits per heavy atom. The summed E-state index contributed by atoms with van der Waals surface area (Å²) >= 11 is 0. The molecule has 1 aliphatic rings. The number of hydrogen-bond acceptors (Lipinski definition) is 5. The third kappa shape index (κ3) is 2.03. The number of hydrogen-bond donors (Lipinski definition) is 3. The molecule has 6 heteroatoms. The fourth-order valence-electron chi connectivity index (χ4n) is 2.82. The summed E-state index contributed by atoms with van der Waals surface area (Å²) in [6, 6.07) is 0. The van der Waals surface area contributed by atoms with Crippen LogP contribution in [0.5, 0.6) is 0 Å². The monoisotopic (exact) mass is 246 g/mol. The van der Waals surface area contributed by atoms with Crippen LogP contribution in [0.3, 0.4) is 0 Å². The molecular formula is C12H18N6. The molecule has 3 rings (SSSR count). The van der Waals surface area contributed by atoms with Crippen LogP contribution in [-0.4, -0.2) is 33.0 Å². The van der Waals surface area contributed by atoms with Crippen molar-refractivity contribution < 1.29 is 0 Å². The van der Waals surface area contributed by atoms with Crippen molar-refractivity contribution in [1.82, 2.24) is 19.9 Å². The van der Waals surface area contributed by atoms with Crippen molar-refractivity contribution >= 4 is 17.0 Å². The molecule has 6 nitrogen and oxygen atoms in total. The van der Waals surface area contributed by atoms with E-state index in [0.717, 1.165) is 24.4 Å². The zero-order chi connectivity index (χ0) is 12.4. The van der Waals surface area contributed by atoms with Gasteiger partial charge in [0, 0.05) is 6.54 Å². The Bertz CT molecular complexity index is 522. The molecule has 0 bridgehead atoms. The summed E-state index contributed by atoms with van der Waals surface area (Å²) in [7, 11) is 0. The van der Waals surface area contributed by atoms with Gasteiger partial charge in [0.05, 0.1) is 6.33 Å². The quantitative estimate of drug-likeness (QED) is 0.752. The van der Waals surface area contributed by atoms with Crippen molar-refractivity contribution in [3.63, 3.8) is 0 Å². The predicted octanol–water partition coefficient (Wildman–Crippen LogP) is 1.14. The Balaban J connectivity index is 1.71. The number of anilines is 1. The maximum atomic E-state index is 5.80. The van der Waals surface area contributed by atoms with Gasteiger partial charge < -0.3 is 16.0 Å². The van der Waals surface area contributed by atoms with Crippen molar-refractivity contribution in [2.75, 3.05) is 18.4 Å². The third-order valence-corrected chi connectivity index (χ3v) is 3.87. The fraction of sp³-hybridized carbons (Fsp3) is 0.583. The van der Waals surface area contributed by atoms with E-state index < -0.39 is 0 Å². The van der Waals surface area contributed by atoms with Crippen LogP contribution >= 0.6 is 0 Å². The summed E-state index contributed by atoms with van der Waals surface area (Å²) in [4.78, 5) is 15.6. The highest BCUT2D eigenvalue weighted by atomic mass is 15.1. The van der Waals surface area contributed by atoms with Gasteiger partial charge >= 0.3 is 0 Å². The minimum Gasteiger partial charge on any atom is -0.368 e. The van der Waals surface area contributed by atoms with Crippen LogP contribution in [0.1, 0.15) is 19.3 Å². The summed E-state index contributed by atoms with van der Waals surface area (Å²) in [5.74, 6) is 2.14. The normalized spacial score (nSPS) is 23.6. The maximum Gasteiger partial charge on any atom is 0.182 e. The molecule has 1 fully saturated rings. The summed E-state index contributed by atoms with van der Waals surface area (Å²) in [5.41, 5.74) is 7.38. The number of H-pyrrole nitrogens is 1. The molecule has 2 aromatic rings. The first-order chi connectivity index (χ1) is 8.88. The van der Waals surface area contributed by atoms with Gasteiger partial charge in [0.2, 0.25) is 0 Å². The van der Waals surface area contributed by atoms with Crippen LogP contribution in [0.25, 0.3) is 11.2 Å².